The minimum Gasteiger partial charge on any atom is -0.376 e. The Hall–Kier alpha value is -3.43. The van der Waals surface area contributed by atoms with E-state index in [9.17, 15) is 0 Å². The average Bonchev–Trinajstić information content (AvgIpc) is 3.33. The third-order valence-electron chi connectivity index (χ3n) is 6.29. The van der Waals surface area contributed by atoms with E-state index in [0.717, 1.165) is 66.9 Å². The molecule has 9 nitrogen and oxygen atoms in total. The molecule has 1 aliphatic heterocycles. The van der Waals surface area contributed by atoms with Gasteiger partial charge >= 0.3 is 0 Å². The largest absolute Gasteiger partial charge is 0.376 e. The van der Waals surface area contributed by atoms with Crippen LogP contribution in [0, 0.1) is 0 Å². The molecule has 35 heavy (non-hydrogen) atoms. The van der Waals surface area contributed by atoms with E-state index in [4.69, 9.17) is 9.72 Å². The van der Waals surface area contributed by atoms with E-state index in [1.807, 2.05) is 35.3 Å². The number of pyridine rings is 2. The van der Waals surface area contributed by atoms with Crippen molar-refractivity contribution >= 4 is 22.7 Å². The van der Waals surface area contributed by atoms with Crippen LogP contribution in [0.25, 0.3) is 22.2 Å². The lowest BCUT2D eigenvalue weighted by Gasteiger charge is -2.30. The zero-order valence-corrected chi connectivity index (χ0v) is 20.6. The number of ether oxygens (including phenoxy) is 1. The Balaban J connectivity index is 1.26. The molecule has 1 atom stereocenters. The number of hydrogen-bond donors (Lipinski definition) is 1. The van der Waals surface area contributed by atoms with Crippen LogP contribution in [-0.2, 0) is 11.3 Å². The first-order valence-corrected chi connectivity index (χ1v) is 12.3. The molecule has 1 saturated heterocycles. The zero-order valence-electron chi connectivity index (χ0n) is 20.6. The molecule has 4 aromatic heterocycles. The summed E-state index contributed by atoms with van der Waals surface area (Å²) in [7, 11) is 0. The molecule has 0 bridgehead atoms. The second-order valence-corrected chi connectivity index (χ2v) is 9.44. The van der Waals surface area contributed by atoms with Gasteiger partial charge in [-0.3, -0.25) is 14.6 Å². The Morgan fingerprint density at radius 3 is 2.83 bits per heavy atom. The molecule has 9 heteroatoms. The third kappa shape index (κ3) is 5.80. The van der Waals surface area contributed by atoms with Gasteiger partial charge in [0.2, 0.25) is 0 Å². The highest BCUT2D eigenvalue weighted by Gasteiger charge is 2.16. The predicted molar refractivity (Wildman–Crippen MR) is 137 cm³/mol. The molecule has 1 N–H and O–H groups in total. The summed E-state index contributed by atoms with van der Waals surface area (Å²) < 4.78 is 7.63. The molecule has 0 unspecified atom stereocenters. The first-order valence-electron chi connectivity index (χ1n) is 12.3. The second kappa shape index (κ2) is 10.5. The van der Waals surface area contributed by atoms with Crippen LogP contribution in [0.2, 0.25) is 0 Å². The fourth-order valence-corrected chi connectivity index (χ4v) is 4.31. The number of nitrogens with one attached hydrogen (secondary N) is 1. The smallest absolute Gasteiger partial charge is 0.154 e. The molecule has 0 aromatic carbocycles. The molecule has 0 saturated carbocycles. The van der Waals surface area contributed by atoms with Crippen molar-refractivity contribution in [3.05, 3.63) is 54.6 Å². The number of rotatable bonds is 8. The number of hydrogen-bond acceptors (Lipinski definition) is 8. The van der Waals surface area contributed by atoms with Crippen LogP contribution < -0.4 is 5.32 Å². The number of morpholine rings is 1. The summed E-state index contributed by atoms with van der Waals surface area (Å²) in [6.45, 7) is 11.2. The topological polar surface area (TPSA) is 93.9 Å². The van der Waals surface area contributed by atoms with Gasteiger partial charge in [-0.1, -0.05) is 13.8 Å². The van der Waals surface area contributed by atoms with Gasteiger partial charge in [0.15, 0.2) is 5.82 Å². The SMILES string of the molecule is CC(C)c1cnnc(Nc2ccc3ncc(-c4cnn(CCCN5CCO[C@@H](C)C5)c4)cc3n2)c1. The minimum absolute atomic E-state index is 0.322. The van der Waals surface area contributed by atoms with Crippen LogP contribution in [0.4, 0.5) is 11.6 Å². The summed E-state index contributed by atoms with van der Waals surface area (Å²) in [4.78, 5) is 11.8. The molecular formula is C26H32N8O. The molecular weight excluding hydrogens is 440 g/mol. The number of anilines is 2. The first kappa shape index (κ1) is 23.3. The van der Waals surface area contributed by atoms with Gasteiger partial charge in [-0.15, -0.1) is 5.10 Å². The normalized spacial score (nSPS) is 16.7. The Kier molecular flexibility index (Phi) is 6.96. The van der Waals surface area contributed by atoms with Gasteiger partial charge in [0, 0.05) is 49.7 Å². The quantitative estimate of drug-likeness (QED) is 0.407. The van der Waals surface area contributed by atoms with Crippen molar-refractivity contribution in [2.75, 3.05) is 31.6 Å². The van der Waals surface area contributed by atoms with Gasteiger partial charge in [-0.2, -0.15) is 10.2 Å². The van der Waals surface area contributed by atoms with E-state index in [0.29, 0.717) is 23.7 Å². The molecule has 5 rings (SSSR count). The minimum atomic E-state index is 0.322. The van der Waals surface area contributed by atoms with Crippen molar-refractivity contribution in [3.63, 3.8) is 0 Å². The Morgan fingerprint density at radius 1 is 1.06 bits per heavy atom. The van der Waals surface area contributed by atoms with Crippen LogP contribution in [0.15, 0.2) is 49.1 Å². The van der Waals surface area contributed by atoms with Crippen molar-refractivity contribution in [1.82, 2.24) is 34.8 Å². The van der Waals surface area contributed by atoms with Gasteiger partial charge in [0.1, 0.15) is 5.82 Å². The van der Waals surface area contributed by atoms with E-state index >= 15 is 0 Å². The summed E-state index contributed by atoms with van der Waals surface area (Å²) >= 11 is 0. The van der Waals surface area contributed by atoms with Crippen LogP contribution in [0.5, 0.6) is 0 Å². The third-order valence-corrected chi connectivity index (χ3v) is 6.29. The molecule has 1 aliphatic rings. The lowest BCUT2D eigenvalue weighted by Crippen LogP contribution is -2.41. The van der Waals surface area contributed by atoms with E-state index in [-0.39, 0.29) is 0 Å². The van der Waals surface area contributed by atoms with Crippen LogP contribution in [0.3, 0.4) is 0 Å². The summed E-state index contributed by atoms with van der Waals surface area (Å²) in [5.74, 6) is 1.77. The molecule has 4 aromatic rings. The van der Waals surface area contributed by atoms with Crippen LogP contribution in [-0.4, -0.2) is 67.2 Å². The molecule has 0 radical (unpaired) electrons. The fraction of sp³-hybridized carbons (Fsp3) is 0.423. The molecule has 182 valence electrons. The maximum Gasteiger partial charge on any atom is 0.154 e. The molecule has 5 heterocycles. The van der Waals surface area contributed by atoms with Crippen molar-refractivity contribution in [1.29, 1.82) is 0 Å². The summed E-state index contributed by atoms with van der Waals surface area (Å²) in [5.41, 5.74) is 4.82. The van der Waals surface area contributed by atoms with Gasteiger partial charge in [-0.25, -0.2) is 4.98 Å². The maximum atomic E-state index is 5.63. The highest BCUT2D eigenvalue weighted by Crippen LogP contribution is 2.24. The van der Waals surface area contributed by atoms with Gasteiger partial charge in [0.25, 0.3) is 0 Å². The van der Waals surface area contributed by atoms with Crippen LogP contribution >= 0.6 is 0 Å². The zero-order chi connectivity index (χ0) is 24.2. The first-order chi connectivity index (χ1) is 17.0. The summed E-state index contributed by atoms with van der Waals surface area (Å²) in [6.07, 6.45) is 9.03. The highest BCUT2D eigenvalue weighted by atomic mass is 16.5. The van der Waals surface area contributed by atoms with Crippen molar-refractivity contribution in [3.8, 4) is 11.1 Å². The van der Waals surface area contributed by atoms with E-state index in [1.165, 1.54) is 0 Å². The van der Waals surface area contributed by atoms with Crippen LogP contribution in [0.1, 0.15) is 38.7 Å². The number of nitrogens with zero attached hydrogens (tertiary/aromatic N) is 7. The fourth-order valence-electron chi connectivity index (χ4n) is 4.31. The van der Waals surface area contributed by atoms with Gasteiger partial charge in [-0.05, 0) is 49.1 Å². The van der Waals surface area contributed by atoms with E-state index in [1.54, 1.807) is 6.20 Å². The van der Waals surface area contributed by atoms with Gasteiger partial charge < -0.3 is 10.1 Å². The second-order valence-electron chi connectivity index (χ2n) is 9.44. The van der Waals surface area contributed by atoms with Gasteiger partial charge in [0.05, 0.1) is 36.1 Å². The Bertz CT molecular complexity index is 1290. The Labute approximate surface area is 205 Å². The predicted octanol–water partition coefficient (Wildman–Crippen LogP) is 4.26. The van der Waals surface area contributed by atoms with Crippen molar-refractivity contribution < 1.29 is 4.74 Å². The van der Waals surface area contributed by atoms with E-state index in [2.05, 4.69) is 63.5 Å². The Morgan fingerprint density at radius 2 is 1.97 bits per heavy atom. The lowest BCUT2D eigenvalue weighted by molar-refractivity contribution is -0.0188. The van der Waals surface area contributed by atoms with Crippen molar-refractivity contribution in [2.24, 2.45) is 0 Å². The number of aromatic nitrogens is 6. The molecule has 0 spiro atoms. The monoisotopic (exact) mass is 472 g/mol. The summed E-state index contributed by atoms with van der Waals surface area (Å²) in [5, 5.41) is 16.1. The average molecular weight is 473 g/mol. The number of fused-ring (bicyclic) bond motifs is 1. The van der Waals surface area contributed by atoms with Crippen molar-refractivity contribution in [2.45, 2.75) is 45.8 Å². The maximum absolute atomic E-state index is 5.63. The molecule has 0 aliphatic carbocycles. The molecule has 1 fully saturated rings. The van der Waals surface area contributed by atoms with E-state index < -0.39 is 0 Å². The molecule has 0 amide bonds. The number of aryl methyl sites for hydroxylation is 1. The lowest BCUT2D eigenvalue weighted by atomic mass is 10.1. The summed E-state index contributed by atoms with van der Waals surface area (Å²) in [6, 6.07) is 7.93. The highest BCUT2D eigenvalue weighted by molar-refractivity contribution is 5.81. The standard InChI is InChI=1S/C26H32N8O/c1-18(2)20-12-26(32-28-14-20)31-25-6-5-23-24(30-25)11-21(13-27-23)22-15-29-34(17-22)8-4-7-33-9-10-35-19(3)16-33/h5-6,11-15,17-19H,4,7-10,16H2,1-3H3,(H,30,31,32)/t19-/m0/s1.